The Labute approximate surface area is 88.4 Å². The summed E-state index contributed by atoms with van der Waals surface area (Å²) in [5.74, 6) is -0.536. The van der Waals surface area contributed by atoms with Crippen LogP contribution in [-0.4, -0.2) is 20.3 Å². The van der Waals surface area contributed by atoms with Gasteiger partial charge in [-0.15, -0.1) is 0 Å². The second kappa shape index (κ2) is 3.52. The van der Waals surface area contributed by atoms with Gasteiger partial charge in [0, 0.05) is 17.2 Å². The monoisotopic (exact) mass is 221 g/mol. The molecule has 0 fully saturated rings. The molecule has 0 radical (unpaired) electrons. The van der Waals surface area contributed by atoms with Crippen LogP contribution in [0.25, 0.3) is 4.91 Å². The summed E-state index contributed by atoms with van der Waals surface area (Å²) in [4.78, 5) is 11.4. The van der Waals surface area contributed by atoms with Crippen LogP contribution in [0.4, 0.5) is 0 Å². The van der Waals surface area contributed by atoms with Gasteiger partial charge in [-0.05, 0) is 0 Å². The van der Waals surface area contributed by atoms with Crippen molar-refractivity contribution in [1.29, 1.82) is 5.41 Å². The largest absolute Gasteiger partial charge is 0.302 e. The predicted octanol–water partition coefficient (Wildman–Crippen LogP) is 1.20. The van der Waals surface area contributed by atoms with Crippen molar-refractivity contribution in [3.05, 3.63) is 41.5 Å². The maximum atomic E-state index is 11.3. The number of carbonyl (C=O) groups excluding carboxylic acids is 1. The number of benzene rings is 1. The van der Waals surface area contributed by atoms with E-state index >= 15 is 0 Å². The highest BCUT2D eigenvalue weighted by molar-refractivity contribution is 7.89. The van der Waals surface area contributed by atoms with Gasteiger partial charge < -0.3 is 4.55 Å². The molecule has 0 amide bonds. The first-order valence-electron chi connectivity index (χ1n) is 4.16. The lowest BCUT2D eigenvalue weighted by Crippen LogP contribution is -2.19. The Morgan fingerprint density at radius 3 is 2.40 bits per heavy atom. The van der Waals surface area contributed by atoms with Crippen molar-refractivity contribution in [2.75, 3.05) is 0 Å². The third-order valence-electron chi connectivity index (χ3n) is 2.16. The van der Waals surface area contributed by atoms with Crippen LogP contribution < -0.4 is 0 Å². The predicted molar refractivity (Wildman–Crippen MR) is 57.0 cm³/mol. The third-order valence-corrected chi connectivity index (χ3v) is 2.87. The second-order valence-corrected chi connectivity index (χ2v) is 3.98. The molecule has 1 aliphatic rings. The first-order valence-corrected chi connectivity index (χ1v) is 5.27. The molecular formula is C10H7NO3S. The molecule has 2 N–H and O–H groups in total. The summed E-state index contributed by atoms with van der Waals surface area (Å²) in [6, 6.07) is 6.60. The molecule has 0 heterocycles. The van der Waals surface area contributed by atoms with E-state index < -0.39 is 16.9 Å². The fourth-order valence-corrected chi connectivity index (χ4v) is 2.04. The molecule has 0 saturated heterocycles. The topological polar surface area (TPSA) is 78.2 Å². The van der Waals surface area contributed by atoms with Crippen molar-refractivity contribution in [3.63, 3.8) is 0 Å². The highest BCUT2D eigenvalue weighted by Gasteiger charge is 2.24. The molecule has 4 nitrogen and oxygen atoms in total. The average Bonchev–Trinajstić information content (AvgIpc) is 2.23. The van der Waals surface area contributed by atoms with Crippen LogP contribution >= 0.6 is 0 Å². The quantitative estimate of drug-likeness (QED) is 0.699. The molecule has 1 aromatic rings. The lowest BCUT2D eigenvalue weighted by atomic mass is 9.95. The maximum Gasteiger partial charge on any atom is 0.205 e. The highest BCUT2D eigenvalue weighted by Crippen LogP contribution is 2.26. The van der Waals surface area contributed by atoms with Crippen LogP contribution in [0.5, 0.6) is 0 Å². The molecule has 0 bridgehead atoms. The van der Waals surface area contributed by atoms with Crippen molar-refractivity contribution in [1.82, 2.24) is 0 Å². The third kappa shape index (κ3) is 1.55. The van der Waals surface area contributed by atoms with Crippen molar-refractivity contribution >= 4 is 27.5 Å². The van der Waals surface area contributed by atoms with E-state index in [1.165, 1.54) is 0 Å². The van der Waals surface area contributed by atoms with Gasteiger partial charge in [0.15, 0.2) is 11.1 Å². The second-order valence-electron chi connectivity index (χ2n) is 3.04. The SMILES string of the molecule is N=C1C(=O)C=C(S(=O)O)c2ccccc21. The van der Waals surface area contributed by atoms with Gasteiger partial charge in [-0.3, -0.25) is 10.2 Å². The zero-order chi connectivity index (χ0) is 11.0. The fourth-order valence-electron chi connectivity index (χ4n) is 1.46. The molecule has 5 heteroatoms. The van der Waals surface area contributed by atoms with Gasteiger partial charge in [0.25, 0.3) is 0 Å². The van der Waals surface area contributed by atoms with E-state index in [-0.39, 0.29) is 10.6 Å². The van der Waals surface area contributed by atoms with E-state index in [0.717, 1.165) is 6.08 Å². The van der Waals surface area contributed by atoms with E-state index in [1.807, 2.05) is 0 Å². The zero-order valence-electron chi connectivity index (χ0n) is 7.56. The van der Waals surface area contributed by atoms with E-state index in [2.05, 4.69) is 0 Å². The molecule has 1 atom stereocenters. The number of hydrogen-bond acceptors (Lipinski definition) is 3. The number of fused-ring (bicyclic) bond motifs is 1. The van der Waals surface area contributed by atoms with Gasteiger partial charge in [0.1, 0.15) is 5.71 Å². The zero-order valence-corrected chi connectivity index (χ0v) is 8.38. The van der Waals surface area contributed by atoms with Crippen molar-refractivity contribution in [3.8, 4) is 0 Å². The smallest absolute Gasteiger partial charge is 0.205 e. The van der Waals surface area contributed by atoms with Gasteiger partial charge in [-0.1, -0.05) is 24.3 Å². The van der Waals surface area contributed by atoms with Crippen LogP contribution in [0.15, 0.2) is 30.3 Å². The lowest BCUT2D eigenvalue weighted by Gasteiger charge is -2.14. The van der Waals surface area contributed by atoms with Crippen LogP contribution in [-0.2, 0) is 15.9 Å². The van der Waals surface area contributed by atoms with Gasteiger partial charge in [-0.25, -0.2) is 4.21 Å². The standard InChI is InChI=1S/C10H7NO3S/c11-10-7-4-2-1-3-6(7)9(15(13)14)5-8(10)12/h1-5,11H,(H,13,14). The van der Waals surface area contributed by atoms with Crippen LogP contribution in [0.3, 0.4) is 0 Å². The van der Waals surface area contributed by atoms with Gasteiger partial charge in [-0.2, -0.15) is 0 Å². The number of ketones is 1. The number of hydrogen-bond donors (Lipinski definition) is 2. The molecule has 76 valence electrons. The number of carbonyl (C=O) groups is 1. The van der Waals surface area contributed by atoms with Crippen molar-refractivity contribution in [2.45, 2.75) is 0 Å². The van der Waals surface area contributed by atoms with E-state index in [0.29, 0.717) is 11.1 Å². The van der Waals surface area contributed by atoms with E-state index in [4.69, 9.17) is 9.96 Å². The number of allylic oxidation sites excluding steroid dienone is 1. The molecule has 1 aliphatic carbocycles. The molecule has 0 aliphatic heterocycles. The van der Waals surface area contributed by atoms with Gasteiger partial charge in [0.05, 0.1) is 4.91 Å². The van der Waals surface area contributed by atoms with Crippen LogP contribution in [0.1, 0.15) is 11.1 Å². The molecule has 0 spiro atoms. The van der Waals surface area contributed by atoms with Crippen molar-refractivity contribution < 1.29 is 13.6 Å². The summed E-state index contributed by atoms with van der Waals surface area (Å²) in [5.41, 5.74) is 0.741. The Balaban J connectivity index is 2.71. The Hall–Kier alpha value is -1.59. The van der Waals surface area contributed by atoms with Gasteiger partial charge >= 0.3 is 0 Å². The summed E-state index contributed by atoms with van der Waals surface area (Å²) >= 11 is -2.21. The Bertz CT molecular complexity index is 519. The number of nitrogens with one attached hydrogen (secondary N) is 1. The molecule has 1 aromatic carbocycles. The fraction of sp³-hybridized carbons (Fsp3) is 0. The minimum absolute atomic E-state index is 0.0617. The minimum Gasteiger partial charge on any atom is -0.302 e. The Morgan fingerprint density at radius 1 is 1.20 bits per heavy atom. The average molecular weight is 221 g/mol. The van der Waals surface area contributed by atoms with Crippen LogP contribution in [0.2, 0.25) is 0 Å². The summed E-state index contributed by atoms with van der Waals surface area (Å²) in [7, 11) is 0. The highest BCUT2D eigenvalue weighted by atomic mass is 32.2. The molecule has 15 heavy (non-hydrogen) atoms. The summed E-state index contributed by atoms with van der Waals surface area (Å²) in [6.07, 6.45) is 1.04. The summed E-state index contributed by atoms with van der Waals surface area (Å²) < 4.78 is 20.0. The van der Waals surface area contributed by atoms with Crippen molar-refractivity contribution in [2.24, 2.45) is 0 Å². The van der Waals surface area contributed by atoms with E-state index in [9.17, 15) is 9.00 Å². The molecule has 0 saturated carbocycles. The molecule has 0 aromatic heterocycles. The normalized spacial score (nSPS) is 17.0. The maximum absolute atomic E-state index is 11.3. The van der Waals surface area contributed by atoms with Crippen LogP contribution in [0, 0.1) is 5.41 Å². The first kappa shape index (κ1) is 9.95. The Kier molecular flexibility index (Phi) is 2.34. The minimum atomic E-state index is -2.21. The number of rotatable bonds is 1. The van der Waals surface area contributed by atoms with E-state index in [1.54, 1.807) is 24.3 Å². The summed E-state index contributed by atoms with van der Waals surface area (Å²) in [6.45, 7) is 0. The molecular weight excluding hydrogens is 214 g/mol. The lowest BCUT2D eigenvalue weighted by molar-refractivity contribution is -0.108. The van der Waals surface area contributed by atoms with Gasteiger partial charge in [0.2, 0.25) is 5.78 Å². The summed E-state index contributed by atoms with van der Waals surface area (Å²) in [5, 5.41) is 7.53. The first-order chi connectivity index (χ1) is 7.11. The Morgan fingerprint density at radius 2 is 1.80 bits per heavy atom. The molecule has 1 unspecified atom stereocenters. The molecule has 2 rings (SSSR count).